The van der Waals surface area contributed by atoms with Gasteiger partial charge in [0.25, 0.3) is 0 Å². The molecule has 0 saturated carbocycles. The molecule has 1 heterocycles. The zero-order valence-electron chi connectivity index (χ0n) is 9.39. The fourth-order valence-corrected chi connectivity index (χ4v) is 2.64. The van der Waals surface area contributed by atoms with Gasteiger partial charge in [-0.3, -0.25) is 0 Å². The van der Waals surface area contributed by atoms with Gasteiger partial charge < -0.3 is 9.53 Å². The van der Waals surface area contributed by atoms with Crippen LogP contribution in [0.5, 0.6) is 0 Å². The number of rotatable bonds is 5. The minimum atomic E-state index is 0.323. The van der Waals surface area contributed by atoms with Crippen LogP contribution in [0.25, 0.3) is 0 Å². The lowest BCUT2D eigenvalue weighted by Gasteiger charge is -2.25. The van der Waals surface area contributed by atoms with E-state index in [1.165, 1.54) is 10.5 Å². The summed E-state index contributed by atoms with van der Waals surface area (Å²) in [6, 6.07) is 8.52. The van der Waals surface area contributed by atoms with Crippen LogP contribution in [0.2, 0.25) is 0 Å². The van der Waals surface area contributed by atoms with Gasteiger partial charge >= 0.3 is 0 Å². The average Bonchev–Trinajstić information content (AvgIpc) is 2.25. The zero-order chi connectivity index (χ0) is 11.4. The summed E-state index contributed by atoms with van der Waals surface area (Å²) in [6.07, 6.45) is 1.59. The highest BCUT2D eigenvalue weighted by Gasteiger charge is 2.19. The van der Waals surface area contributed by atoms with E-state index in [9.17, 15) is 4.79 Å². The largest absolute Gasteiger partial charge is 0.379 e. The van der Waals surface area contributed by atoms with Crippen LogP contribution in [-0.2, 0) is 9.53 Å². The Labute approximate surface area is 100 Å². The topological polar surface area (TPSA) is 26.3 Å². The van der Waals surface area contributed by atoms with E-state index < -0.39 is 0 Å². The molecule has 0 N–H and O–H groups in total. The molecular weight excluding hydrogens is 220 g/mol. The molecule has 1 aromatic carbocycles. The quantitative estimate of drug-likeness (QED) is 0.735. The van der Waals surface area contributed by atoms with Crippen LogP contribution in [0.4, 0.5) is 0 Å². The van der Waals surface area contributed by atoms with Crippen molar-refractivity contribution in [3.8, 4) is 0 Å². The van der Waals surface area contributed by atoms with Crippen molar-refractivity contribution in [2.45, 2.75) is 29.4 Å². The van der Waals surface area contributed by atoms with Gasteiger partial charge in [0, 0.05) is 11.3 Å². The molecule has 1 unspecified atom stereocenters. The summed E-state index contributed by atoms with van der Waals surface area (Å²) in [5.74, 6) is 0.323. The monoisotopic (exact) mass is 236 g/mol. The molecule has 0 radical (unpaired) electrons. The lowest BCUT2D eigenvalue weighted by atomic mass is 9.99. The third-order valence-corrected chi connectivity index (χ3v) is 3.96. The Hall–Kier alpha value is -0.800. The Balaban J connectivity index is 1.95. The first-order valence-corrected chi connectivity index (χ1v) is 6.45. The van der Waals surface area contributed by atoms with E-state index in [0.29, 0.717) is 17.6 Å². The van der Waals surface area contributed by atoms with E-state index in [1.807, 2.05) is 11.8 Å². The number of carbonyl (C=O) groups is 1. The molecule has 0 amide bonds. The third kappa shape index (κ3) is 2.86. The maximum absolute atomic E-state index is 10.4. The number of hydrogen-bond donors (Lipinski definition) is 0. The van der Waals surface area contributed by atoms with Crippen LogP contribution in [0.3, 0.4) is 0 Å². The van der Waals surface area contributed by atoms with Crippen LogP contribution in [0.15, 0.2) is 29.2 Å². The highest BCUT2D eigenvalue weighted by atomic mass is 32.2. The maximum atomic E-state index is 10.4. The summed E-state index contributed by atoms with van der Waals surface area (Å²) in [7, 11) is 0. The number of benzene rings is 1. The van der Waals surface area contributed by atoms with Crippen LogP contribution >= 0.6 is 11.8 Å². The molecule has 1 aliphatic heterocycles. The van der Waals surface area contributed by atoms with E-state index in [2.05, 4.69) is 31.2 Å². The third-order valence-electron chi connectivity index (χ3n) is 2.81. The highest BCUT2D eigenvalue weighted by Crippen LogP contribution is 2.29. The van der Waals surface area contributed by atoms with Crippen molar-refractivity contribution in [1.29, 1.82) is 0 Å². The van der Waals surface area contributed by atoms with Gasteiger partial charge in [-0.2, -0.15) is 0 Å². The maximum Gasteiger partial charge on any atom is 0.120 e. The van der Waals surface area contributed by atoms with Crippen molar-refractivity contribution in [2.24, 2.45) is 0 Å². The standard InChI is InChI=1S/C13H16O2S/c1-10(6-7-14)11-2-4-12(5-3-11)16-13-8-15-9-13/h2-5,7,10,13H,6,8-9H2,1H3. The number of thioether (sulfide) groups is 1. The van der Waals surface area contributed by atoms with E-state index >= 15 is 0 Å². The molecule has 2 rings (SSSR count). The van der Waals surface area contributed by atoms with E-state index in [-0.39, 0.29) is 0 Å². The van der Waals surface area contributed by atoms with Crippen molar-refractivity contribution in [3.63, 3.8) is 0 Å². The molecule has 1 saturated heterocycles. The summed E-state index contributed by atoms with van der Waals surface area (Å²) in [5.41, 5.74) is 1.24. The Bertz CT molecular complexity index is 343. The second-order valence-electron chi connectivity index (χ2n) is 4.15. The fourth-order valence-electron chi connectivity index (χ4n) is 1.63. The first-order valence-electron chi connectivity index (χ1n) is 5.57. The van der Waals surface area contributed by atoms with Crippen molar-refractivity contribution < 1.29 is 9.53 Å². The number of hydrogen-bond acceptors (Lipinski definition) is 3. The molecule has 0 bridgehead atoms. The Morgan fingerprint density at radius 2 is 2.12 bits per heavy atom. The first-order chi connectivity index (χ1) is 7.79. The Kier molecular flexibility index (Phi) is 4.02. The summed E-state index contributed by atoms with van der Waals surface area (Å²) < 4.78 is 5.14. The Morgan fingerprint density at radius 1 is 1.44 bits per heavy atom. The van der Waals surface area contributed by atoms with Crippen LogP contribution < -0.4 is 0 Å². The van der Waals surface area contributed by atoms with Gasteiger partial charge in [-0.05, 0) is 23.6 Å². The molecule has 0 aliphatic carbocycles. The summed E-state index contributed by atoms with van der Waals surface area (Å²) in [6.45, 7) is 3.82. The molecule has 0 spiro atoms. The van der Waals surface area contributed by atoms with Gasteiger partial charge in [0.1, 0.15) is 6.29 Å². The molecule has 1 fully saturated rings. The fraction of sp³-hybridized carbons (Fsp3) is 0.462. The van der Waals surface area contributed by atoms with Gasteiger partial charge in [-0.25, -0.2) is 0 Å². The van der Waals surface area contributed by atoms with Gasteiger partial charge in [0.05, 0.1) is 18.5 Å². The number of carbonyl (C=O) groups excluding carboxylic acids is 1. The van der Waals surface area contributed by atoms with E-state index in [0.717, 1.165) is 19.5 Å². The second kappa shape index (κ2) is 5.51. The van der Waals surface area contributed by atoms with Gasteiger partial charge in [-0.15, -0.1) is 11.8 Å². The molecule has 1 atom stereocenters. The second-order valence-corrected chi connectivity index (χ2v) is 5.52. The molecule has 1 aliphatic rings. The summed E-state index contributed by atoms with van der Waals surface area (Å²) in [5, 5.41) is 0.623. The zero-order valence-corrected chi connectivity index (χ0v) is 10.2. The number of aldehydes is 1. The molecule has 0 aromatic heterocycles. The predicted octanol–water partition coefficient (Wildman–Crippen LogP) is 2.87. The minimum Gasteiger partial charge on any atom is -0.379 e. The molecule has 16 heavy (non-hydrogen) atoms. The van der Waals surface area contributed by atoms with E-state index in [1.54, 1.807) is 0 Å². The summed E-state index contributed by atoms with van der Waals surface area (Å²) >= 11 is 1.87. The van der Waals surface area contributed by atoms with Gasteiger partial charge in [0.2, 0.25) is 0 Å². The van der Waals surface area contributed by atoms with Crippen molar-refractivity contribution in [2.75, 3.05) is 13.2 Å². The molecule has 3 heteroatoms. The van der Waals surface area contributed by atoms with Crippen molar-refractivity contribution >= 4 is 18.0 Å². The van der Waals surface area contributed by atoms with Gasteiger partial charge in [-0.1, -0.05) is 19.1 Å². The van der Waals surface area contributed by atoms with E-state index in [4.69, 9.17) is 4.74 Å². The van der Waals surface area contributed by atoms with Crippen molar-refractivity contribution in [1.82, 2.24) is 0 Å². The Morgan fingerprint density at radius 3 is 2.62 bits per heavy atom. The first kappa shape index (κ1) is 11.7. The molecular formula is C13H16O2S. The average molecular weight is 236 g/mol. The number of ether oxygens (including phenoxy) is 1. The van der Waals surface area contributed by atoms with Crippen LogP contribution in [0, 0.1) is 0 Å². The SMILES string of the molecule is CC(CC=O)c1ccc(SC2COC2)cc1. The van der Waals surface area contributed by atoms with Gasteiger partial charge in [0.15, 0.2) is 0 Å². The van der Waals surface area contributed by atoms with Crippen LogP contribution in [-0.4, -0.2) is 24.7 Å². The predicted molar refractivity (Wildman–Crippen MR) is 66.0 cm³/mol. The molecule has 86 valence electrons. The summed E-state index contributed by atoms with van der Waals surface area (Å²) in [4.78, 5) is 11.7. The highest BCUT2D eigenvalue weighted by molar-refractivity contribution is 8.00. The lowest BCUT2D eigenvalue weighted by Crippen LogP contribution is -2.29. The molecule has 1 aromatic rings. The normalized spacial score (nSPS) is 17.8. The lowest BCUT2D eigenvalue weighted by molar-refractivity contribution is -0.108. The van der Waals surface area contributed by atoms with Crippen molar-refractivity contribution in [3.05, 3.63) is 29.8 Å². The molecule has 2 nitrogen and oxygen atoms in total. The smallest absolute Gasteiger partial charge is 0.120 e. The van der Waals surface area contributed by atoms with Crippen LogP contribution in [0.1, 0.15) is 24.8 Å². The minimum absolute atomic E-state index is 0.323.